The van der Waals surface area contributed by atoms with Gasteiger partial charge in [-0.3, -0.25) is 9.69 Å². The molecule has 2 rings (SSSR count). The van der Waals surface area contributed by atoms with Crippen LogP contribution in [0.25, 0.3) is 0 Å². The fourth-order valence-corrected chi connectivity index (χ4v) is 5.05. The van der Waals surface area contributed by atoms with Crippen LogP contribution in [0.4, 0.5) is 5.00 Å². The van der Waals surface area contributed by atoms with E-state index in [2.05, 4.69) is 5.32 Å². The second-order valence-corrected chi connectivity index (χ2v) is 8.44. The van der Waals surface area contributed by atoms with Crippen molar-refractivity contribution in [2.75, 3.05) is 51.1 Å². The van der Waals surface area contributed by atoms with Crippen molar-refractivity contribution in [2.45, 2.75) is 13.8 Å². The zero-order chi connectivity index (χ0) is 18.4. The summed E-state index contributed by atoms with van der Waals surface area (Å²) in [4.78, 5) is 14.1. The number of nitriles is 1. The minimum Gasteiger partial charge on any atom is -0.315 e. The van der Waals surface area contributed by atoms with Gasteiger partial charge in [-0.15, -0.1) is 11.3 Å². The van der Waals surface area contributed by atoms with Crippen molar-refractivity contribution in [3.63, 3.8) is 0 Å². The third-order valence-electron chi connectivity index (χ3n) is 4.10. The smallest absolute Gasteiger partial charge is 0.282 e. The first-order valence-corrected chi connectivity index (χ1v) is 10.4. The van der Waals surface area contributed by atoms with Crippen LogP contribution in [0.1, 0.15) is 19.4 Å². The van der Waals surface area contributed by atoms with Gasteiger partial charge in [0.15, 0.2) is 0 Å². The lowest BCUT2D eigenvalue weighted by molar-refractivity contribution is -0.117. The van der Waals surface area contributed by atoms with Gasteiger partial charge in [0.2, 0.25) is 5.91 Å². The lowest BCUT2D eigenvalue weighted by Gasteiger charge is -2.35. The third kappa shape index (κ3) is 4.77. The molecular weight excluding hydrogens is 362 g/mol. The summed E-state index contributed by atoms with van der Waals surface area (Å²) in [6.07, 6.45) is 0. The fraction of sp³-hybridized carbons (Fsp3) is 0.600. The monoisotopic (exact) mass is 385 g/mol. The molecule has 138 valence electrons. The van der Waals surface area contributed by atoms with Crippen LogP contribution in [0.3, 0.4) is 0 Å². The number of carbonyl (C=O) groups is 1. The molecule has 0 saturated carbocycles. The van der Waals surface area contributed by atoms with Crippen molar-refractivity contribution in [3.8, 4) is 6.07 Å². The summed E-state index contributed by atoms with van der Waals surface area (Å²) >= 11 is 1.31. The van der Waals surface area contributed by atoms with E-state index in [0.29, 0.717) is 49.8 Å². The van der Waals surface area contributed by atoms with Crippen molar-refractivity contribution < 1.29 is 13.2 Å². The highest BCUT2D eigenvalue weighted by atomic mass is 32.2. The Labute approximate surface area is 152 Å². The summed E-state index contributed by atoms with van der Waals surface area (Å²) in [5.74, 6) is -0.195. The van der Waals surface area contributed by atoms with Gasteiger partial charge in [0.05, 0.1) is 12.1 Å². The van der Waals surface area contributed by atoms with Gasteiger partial charge in [-0.05, 0) is 11.4 Å². The highest BCUT2D eigenvalue weighted by molar-refractivity contribution is 7.86. The van der Waals surface area contributed by atoms with Gasteiger partial charge in [0, 0.05) is 39.3 Å². The van der Waals surface area contributed by atoms with Gasteiger partial charge >= 0.3 is 0 Å². The molecule has 1 N–H and O–H groups in total. The van der Waals surface area contributed by atoms with Crippen molar-refractivity contribution >= 4 is 32.5 Å². The molecule has 0 radical (unpaired) electrons. The van der Waals surface area contributed by atoms with Crippen LogP contribution in [-0.2, 0) is 15.0 Å². The first-order chi connectivity index (χ1) is 11.9. The number of hydrogen-bond donors (Lipinski definition) is 1. The summed E-state index contributed by atoms with van der Waals surface area (Å²) in [5, 5.41) is 14.0. The zero-order valence-corrected chi connectivity index (χ0v) is 16.1. The Bertz CT molecular complexity index is 729. The van der Waals surface area contributed by atoms with Crippen molar-refractivity contribution in [3.05, 3.63) is 17.0 Å². The average molecular weight is 386 g/mol. The molecule has 2 heterocycles. The lowest BCUT2D eigenvalue weighted by Crippen LogP contribution is -2.54. The van der Waals surface area contributed by atoms with Crippen LogP contribution < -0.4 is 5.32 Å². The number of piperazine rings is 1. The van der Waals surface area contributed by atoms with Crippen molar-refractivity contribution in [1.82, 2.24) is 13.5 Å². The molecule has 0 aromatic carbocycles. The highest BCUT2D eigenvalue weighted by Crippen LogP contribution is 2.22. The quantitative estimate of drug-likeness (QED) is 0.747. The lowest BCUT2D eigenvalue weighted by atomic mass is 10.3. The van der Waals surface area contributed by atoms with Crippen LogP contribution in [0.2, 0.25) is 0 Å². The Balaban J connectivity index is 1.86. The Kier molecular flexibility index (Phi) is 6.92. The van der Waals surface area contributed by atoms with Crippen molar-refractivity contribution in [2.24, 2.45) is 0 Å². The van der Waals surface area contributed by atoms with Crippen LogP contribution >= 0.6 is 11.3 Å². The molecule has 1 aromatic rings. The van der Waals surface area contributed by atoms with E-state index in [1.807, 2.05) is 24.8 Å². The highest BCUT2D eigenvalue weighted by Gasteiger charge is 2.31. The number of hydrogen-bond acceptors (Lipinski definition) is 6. The minimum atomic E-state index is -3.42. The SMILES string of the molecule is CCN(CC)S(=O)(=O)N1CCN(CC(=O)Nc2sccc2C#N)CC1. The van der Waals surface area contributed by atoms with E-state index in [0.717, 1.165) is 0 Å². The first kappa shape index (κ1) is 19.8. The number of amides is 1. The normalized spacial score (nSPS) is 16.7. The molecule has 0 spiro atoms. The summed E-state index contributed by atoms with van der Waals surface area (Å²) < 4.78 is 27.9. The second kappa shape index (κ2) is 8.73. The zero-order valence-electron chi connectivity index (χ0n) is 14.4. The molecular formula is C15H23N5O3S2. The van der Waals surface area contributed by atoms with Gasteiger partial charge in [-0.1, -0.05) is 13.8 Å². The van der Waals surface area contributed by atoms with Gasteiger partial charge in [-0.2, -0.15) is 22.3 Å². The van der Waals surface area contributed by atoms with Gasteiger partial charge in [0.25, 0.3) is 10.2 Å². The van der Waals surface area contributed by atoms with Crippen LogP contribution in [0.5, 0.6) is 0 Å². The maximum absolute atomic E-state index is 12.5. The van der Waals surface area contributed by atoms with Gasteiger partial charge < -0.3 is 5.32 Å². The molecule has 0 aliphatic carbocycles. The van der Waals surface area contributed by atoms with E-state index in [1.54, 1.807) is 11.4 Å². The molecule has 8 nitrogen and oxygen atoms in total. The fourth-order valence-electron chi connectivity index (χ4n) is 2.69. The number of rotatable bonds is 7. The molecule has 0 atom stereocenters. The summed E-state index contributed by atoms with van der Waals surface area (Å²) in [6.45, 7) is 6.47. The number of anilines is 1. The Morgan fingerprint density at radius 2 is 1.96 bits per heavy atom. The number of thiophene rings is 1. The second-order valence-electron chi connectivity index (χ2n) is 5.59. The number of carbonyl (C=O) groups excluding carboxylic acids is 1. The summed E-state index contributed by atoms with van der Waals surface area (Å²) in [5.41, 5.74) is 0.452. The third-order valence-corrected chi connectivity index (χ3v) is 7.11. The Hall–Kier alpha value is -1.51. The van der Waals surface area contributed by atoms with E-state index < -0.39 is 10.2 Å². The van der Waals surface area contributed by atoms with E-state index in [-0.39, 0.29) is 12.5 Å². The Morgan fingerprint density at radius 3 is 2.52 bits per heavy atom. The molecule has 1 aliphatic rings. The predicted octanol–water partition coefficient (Wildman–Crippen LogP) is 0.762. The number of nitrogens with zero attached hydrogens (tertiary/aromatic N) is 4. The summed E-state index contributed by atoms with van der Waals surface area (Å²) in [7, 11) is -3.42. The predicted molar refractivity (Wildman–Crippen MR) is 97.5 cm³/mol. The van der Waals surface area contributed by atoms with E-state index in [9.17, 15) is 13.2 Å². The summed E-state index contributed by atoms with van der Waals surface area (Å²) in [6, 6.07) is 3.70. The average Bonchev–Trinajstić information content (AvgIpc) is 3.03. The van der Waals surface area contributed by atoms with Crippen molar-refractivity contribution in [1.29, 1.82) is 5.26 Å². The van der Waals surface area contributed by atoms with Crippen LogP contribution in [0.15, 0.2) is 11.4 Å². The van der Waals surface area contributed by atoms with E-state index in [1.165, 1.54) is 19.9 Å². The maximum Gasteiger partial charge on any atom is 0.282 e. The van der Waals surface area contributed by atoms with Crippen LogP contribution in [0, 0.1) is 11.3 Å². The molecule has 1 amide bonds. The molecule has 25 heavy (non-hydrogen) atoms. The topological polar surface area (TPSA) is 96.8 Å². The molecule has 0 unspecified atom stereocenters. The molecule has 1 fully saturated rings. The molecule has 0 bridgehead atoms. The number of nitrogens with one attached hydrogen (secondary N) is 1. The first-order valence-electron chi connectivity index (χ1n) is 8.17. The van der Waals surface area contributed by atoms with E-state index >= 15 is 0 Å². The minimum absolute atomic E-state index is 0.182. The molecule has 10 heteroatoms. The molecule has 1 aromatic heterocycles. The largest absolute Gasteiger partial charge is 0.315 e. The van der Waals surface area contributed by atoms with E-state index in [4.69, 9.17) is 5.26 Å². The Morgan fingerprint density at radius 1 is 1.32 bits per heavy atom. The maximum atomic E-state index is 12.5. The van der Waals surface area contributed by atoms with Gasteiger partial charge in [0.1, 0.15) is 11.1 Å². The van der Waals surface area contributed by atoms with Gasteiger partial charge in [-0.25, -0.2) is 0 Å². The standard InChI is InChI=1S/C15H23N5O3S2/c1-3-19(4-2)25(22,23)20-8-6-18(7-9-20)12-14(21)17-15-13(11-16)5-10-24-15/h5,10H,3-4,6-9,12H2,1-2H3,(H,17,21). The molecule has 1 aliphatic heterocycles. The molecule has 1 saturated heterocycles. The van der Waals surface area contributed by atoms with Crippen LogP contribution in [-0.4, -0.2) is 73.6 Å².